The Kier molecular flexibility index (Phi) is 6.15. The zero-order chi connectivity index (χ0) is 24.6. The molecule has 0 saturated heterocycles. The van der Waals surface area contributed by atoms with Crippen molar-refractivity contribution in [2.75, 3.05) is 0 Å². The maximum Gasteiger partial charge on any atom is 0.258 e. The van der Waals surface area contributed by atoms with E-state index < -0.39 is 27.7 Å². The Morgan fingerprint density at radius 1 is 0.444 bits per heavy atom. The van der Waals surface area contributed by atoms with Crippen molar-refractivity contribution < 1.29 is 9.05 Å². The third-order valence-corrected chi connectivity index (χ3v) is 10.4. The minimum Gasteiger partial charge on any atom is -0.311 e. The van der Waals surface area contributed by atoms with Crippen molar-refractivity contribution in [1.29, 1.82) is 0 Å². The molecule has 0 spiro atoms. The minimum absolute atomic E-state index is 0.915. The first-order chi connectivity index (χ1) is 17.6. The molecule has 2 unspecified atom stereocenters. The van der Waals surface area contributed by atoms with E-state index in [1.165, 1.54) is 0 Å². The molecule has 4 aromatic rings. The van der Waals surface area contributed by atoms with Gasteiger partial charge in [0, 0.05) is 21.2 Å². The highest BCUT2D eigenvalue weighted by molar-refractivity contribution is 7.69. The highest BCUT2D eigenvalue weighted by Gasteiger charge is 2.73. The van der Waals surface area contributed by atoms with Crippen molar-refractivity contribution in [3.05, 3.63) is 121 Å². The van der Waals surface area contributed by atoms with Gasteiger partial charge in [0.15, 0.2) is 0 Å². The van der Waals surface area contributed by atoms with Crippen LogP contribution in [0.25, 0.3) is 0 Å². The van der Waals surface area contributed by atoms with Gasteiger partial charge in [-0.1, -0.05) is 121 Å². The molecule has 0 aromatic heterocycles. The van der Waals surface area contributed by atoms with Crippen LogP contribution in [0.1, 0.15) is 13.8 Å². The van der Waals surface area contributed by atoms with E-state index in [0.29, 0.717) is 0 Å². The van der Waals surface area contributed by atoms with Gasteiger partial charge in [-0.15, -0.1) is 0 Å². The fourth-order valence-electron chi connectivity index (χ4n) is 4.38. The number of benzene rings is 4. The molecule has 4 aromatic carbocycles. The quantitative estimate of drug-likeness (QED) is 0.282. The number of hydrogen-bond acceptors (Lipinski definition) is 4. The van der Waals surface area contributed by atoms with Gasteiger partial charge in [0.2, 0.25) is 0 Å². The lowest BCUT2D eigenvalue weighted by Gasteiger charge is -2.33. The molecule has 6 rings (SSSR count). The third kappa shape index (κ3) is 4.15. The van der Waals surface area contributed by atoms with Crippen LogP contribution < -0.4 is 21.2 Å². The van der Waals surface area contributed by atoms with E-state index in [1.807, 2.05) is 38.1 Å². The van der Waals surface area contributed by atoms with E-state index in [0.717, 1.165) is 32.6 Å². The van der Waals surface area contributed by atoms with Crippen molar-refractivity contribution in [3.8, 4) is 0 Å². The Balaban J connectivity index is 1.38. The van der Waals surface area contributed by atoms with Gasteiger partial charge in [0.25, 0.3) is 11.4 Å². The van der Waals surface area contributed by atoms with Crippen LogP contribution in [0, 0.1) is 0 Å². The predicted octanol–water partition coefficient (Wildman–Crippen LogP) is 5.46. The highest BCUT2D eigenvalue weighted by Crippen LogP contribution is 2.60. The summed E-state index contributed by atoms with van der Waals surface area (Å²) in [5.41, 5.74) is -0.0332. The molecular formula is C30H26N2O2P2. The van der Waals surface area contributed by atoms with E-state index in [-0.39, 0.29) is 0 Å². The van der Waals surface area contributed by atoms with Crippen LogP contribution in [0.2, 0.25) is 0 Å². The van der Waals surface area contributed by atoms with Crippen LogP contribution >= 0.6 is 16.3 Å². The summed E-state index contributed by atoms with van der Waals surface area (Å²) in [5, 5.41) is 4.54. The van der Waals surface area contributed by atoms with Gasteiger partial charge in [-0.2, -0.15) is 0 Å². The Morgan fingerprint density at radius 2 is 0.667 bits per heavy atom. The largest absolute Gasteiger partial charge is 0.311 e. The Labute approximate surface area is 214 Å². The second-order valence-corrected chi connectivity index (χ2v) is 12.4. The molecule has 6 heteroatoms. The Hall–Kier alpha value is -3.00. The van der Waals surface area contributed by atoms with Crippen LogP contribution in [-0.2, 0) is 9.05 Å². The zero-order valence-corrected chi connectivity index (χ0v) is 21.9. The van der Waals surface area contributed by atoms with Crippen molar-refractivity contribution in [1.82, 2.24) is 0 Å². The van der Waals surface area contributed by atoms with Crippen LogP contribution in [0.5, 0.6) is 0 Å². The van der Waals surface area contributed by atoms with E-state index >= 15 is 0 Å². The van der Waals surface area contributed by atoms with Crippen LogP contribution in [0.4, 0.5) is 0 Å². The summed E-state index contributed by atoms with van der Waals surface area (Å²) in [6.07, 6.45) is 0. The smallest absolute Gasteiger partial charge is 0.258 e. The predicted molar refractivity (Wildman–Crippen MR) is 152 cm³/mol. The summed E-state index contributed by atoms with van der Waals surface area (Å²) in [6.45, 7) is 4.03. The molecule has 2 atom stereocenters. The first-order valence-electron chi connectivity index (χ1n) is 12.0. The average molecular weight is 508 g/mol. The second kappa shape index (κ2) is 9.47. The summed E-state index contributed by atoms with van der Waals surface area (Å²) in [6, 6.07) is 41.6. The number of aliphatic imine (C=N–C) groups is 2. The number of nitrogens with zero attached hydrogens (tertiary/aromatic N) is 2. The number of hydrogen-bond donors (Lipinski definition) is 0. The molecule has 2 aliphatic heterocycles. The van der Waals surface area contributed by atoms with Crippen molar-refractivity contribution in [2.45, 2.75) is 25.3 Å². The molecule has 178 valence electrons. The van der Waals surface area contributed by atoms with Crippen LogP contribution in [0.15, 0.2) is 131 Å². The Bertz CT molecular complexity index is 1220. The van der Waals surface area contributed by atoms with Gasteiger partial charge < -0.3 is 9.05 Å². The van der Waals surface area contributed by atoms with Crippen LogP contribution in [0.3, 0.4) is 0 Å². The molecule has 0 fully saturated rings. The van der Waals surface area contributed by atoms with Gasteiger partial charge in [-0.05, 0) is 13.8 Å². The normalized spacial score (nSPS) is 22.3. The molecule has 0 bridgehead atoms. The maximum atomic E-state index is 7.04. The van der Waals surface area contributed by atoms with E-state index in [1.54, 1.807) is 0 Å². The fraction of sp³-hybridized carbons (Fsp3) is 0.133. The molecule has 0 amide bonds. The second-order valence-electron chi connectivity index (χ2n) is 8.80. The third-order valence-electron chi connectivity index (χ3n) is 6.40. The topological polar surface area (TPSA) is 43.2 Å². The molecule has 0 aliphatic carbocycles. The lowest BCUT2D eigenvalue weighted by molar-refractivity contribution is 0.0532. The van der Waals surface area contributed by atoms with Gasteiger partial charge in [0.1, 0.15) is 0 Å². The van der Waals surface area contributed by atoms with Gasteiger partial charge in [0.05, 0.1) is 27.7 Å². The molecule has 36 heavy (non-hydrogen) atoms. The standard InChI is InChI=1S/C30H26N2O2P2/c1-23-29(31-23,33-35(25-15-7-3-8-16-25)26-17-9-4-10-18-26)30(24(2)32-30)34-36(27-19-11-5-12-20-27)28-21-13-6-14-22-28/h3-22H,1-2H3. The van der Waals surface area contributed by atoms with E-state index in [9.17, 15) is 0 Å². The van der Waals surface area contributed by atoms with Crippen LogP contribution in [-0.4, -0.2) is 22.9 Å². The van der Waals surface area contributed by atoms with Gasteiger partial charge in [-0.3, -0.25) is 0 Å². The van der Waals surface area contributed by atoms with Crippen molar-refractivity contribution >= 4 is 48.9 Å². The van der Waals surface area contributed by atoms with Gasteiger partial charge >= 0.3 is 0 Å². The maximum absolute atomic E-state index is 7.04. The molecule has 2 aliphatic rings. The lowest BCUT2D eigenvalue weighted by atomic mass is 10.1. The molecule has 0 saturated carbocycles. The molecule has 0 N–H and O–H groups in total. The van der Waals surface area contributed by atoms with E-state index in [4.69, 9.17) is 19.0 Å². The highest BCUT2D eigenvalue weighted by atomic mass is 31.1. The first-order valence-corrected chi connectivity index (χ1v) is 14.5. The lowest BCUT2D eigenvalue weighted by Crippen LogP contribution is -2.46. The Morgan fingerprint density at radius 3 is 0.861 bits per heavy atom. The SMILES string of the molecule is CC1=NC1(OP(c1ccccc1)c1ccccc1)C1(OP(c2ccccc2)c2ccccc2)N=C1C. The molecule has 2 heterocycles. The molecule has 0 radical (unpaired) electrons. The summed E-state index contributed by atoms with van der Waals surface area (Å²) < 4.78 is 14.1. The van der Waals surface area contributed by atoms with Crippen molar-refractivity contribution in [2.24, 2.45) is 9.98 Å². The minimum atomic E-state index is -1.14. The molecular weight excluding hydrogens is 482 g/mol. The van der Waals surface area contributed by atoms with Crippen molar-refractivity contribution in [3.63, 3.8) is 0 Å². The first kappa shape index (κ1) is 23.4. The number of rotatable bonds is 9. The average Bonchev–Trinajstić information content (AvgIpc) is 3.82. The monoisotopic (exact) mass is 508 g/mol. The van der Waals surface area contributed by atoms with E-state index in [2.05, 4.69) is 97.1 Å². The zero-order valence-electron chi connectivity index (χ0n) is 20.2. The fourth-order valence-corrected chi connectivity index (χ4v) is 8.29. The summed E-state index contributed by atoms with van der Waals surface area (Å²) in [5.74, 6) is 0. The summed E-state index contributed by atoms with van der Waals surface area (Å²) >= 11 is 0. The molecule has 4 nitrogen and oxygen atoms in total. The summed E-state index contributed by atoms with van der Waals surface area (Å²) in [7, 11) is -2.28. The summed E-state index contributed by atoms with van der Waals surface area (Å²) in [4.78, 5) is 9.77. The van der Waals surface area contributed by atoms with Gasteiger partial charge in [-0.25, -0.2) is 9.98 Å².